The van der Waals surface area contributed by atoms with Crippen LogP contribution in [0.25, 0.3) is 0 Å². The smallest absolute Gasteiger partial charge is 0.244 e. The first kappa shape index (κ1) is 34.8. The van der Waals surface area contributed by atoms with Crippen LogP contribution in [-0.4, -0.2) is 50.0 Å². The van der Waals surface area contributed by atoms with Gasteiger partial charge in [-0.15, -0.1) is 0 Å². The molecule has 242 valence electrons. The lowest BCUT2D eigenvalue weighted by Crippen LogP contribution is -2.54. The maximum Gasteiger partial charge on any atom is 0.244 e. The fraction of sp³-hybridized carbons (Fsp3) is 0.257. The van der Waals surface area contributed by atoms with Crippen LogP contribution in [-0.2, 0) is 32.6 Å². The number of benzene rings is 4. The molecule has 0 saturated heterocycles. The molecule has 4 aromatic carbocycles. The number of halogens is 2. The van der Waals surface area contributed by atoms with Crippen molar-refractivity contribution < 1.29 is 22.7 Å². The maximum absolute atomic E-state index is 14.3. The Hall–Kier alpha value is -4.05. The van der Waals surface area contributed by atoms with E-state index in [0.717, 1.165) is 16.1 Å². The van der Waals surface area contributed by atoms with E-state index in [9.17, 15) is 18.0 Å². The van der Waals surface area contributed by atoms with Crippen LogP contribution >= 0.6 is 23.2 Å². The first-order chi connectivity index (χ1) is 21.9. The molecule has 0 fully saturated rings. The molecule has 2 atom stereocenters. The molecule has 0 aliphatic carbocycles. The highest BCUT2D eigenvalue weighted by molar-refractivity contribution is 7.92. The summed E-state index contributed by atoms with van der Waals surface area (Å²) in [5, 5.41) is 3.65. The van der Waals surface area contributed by atoms with Crippen molar-refractivity contribution in [3.63, 3.8) is 0 Å². The van der Waals surface area contributed by atoms with Crippen molar-refractivity contribution >= 4 is 50.7 Å². The maximum atomic E-state index is 14.3. The summed E-state index contributed by atoms with van der Waals surface area (Å²) in [6.07, 6.45) is 1.94. The Morgan fingerprint density at radius 3 is 2.02 bits per heavy atom. The van der Waals surface area contributed by atoms with Crippen molar-refractivity contribution in [3.05, 3.63) is 124 Å². The Labute approximate surface area is 280 Å². The predicted octanol–water partition coefficient (Wildman–Crippen LogP) is 7.11. The largest absolute Gasteiger partial charge is 0.457 e. The fourth-order valence-electron chi connectivity index (χ4n) is 4.75. The van der Waals surface area contributed by atoms with Crippen molar-refractivity contribution in [3.8, 4) is 11.5 Å². The summed E-state index contributed by atoms with van der Waals surface area (Å²) in [7, 11) is -3.93. The summed E-state index contributed by atoms with van der Waals surface area (Å²) < 4.78 is 33.1. The number of para-hydroxylation sites is 1. The van der Waals surface area contributed by atoms with Crippen LogP contribution in [0.4, 0.5) is 5.69 Å². The summed E-state index contributed by atoms with van der Waals surface area (Å²) >= 11 is 12.5. The van der Waals surface area contributed by atoms with Crippen LogP contribution in [0, 0.1) is 0 Å². The number of hydrogen-bond donors (Lipinski definition) is 1. The van der Waals surface area contributed by atoms with Gasteiger partial charge in [0.15, 0.2) is 0 Å². The van der Waals surface area contributed by atoms with Crippen molar-refractivity contribution in [1.29, 1.82) is 0 Å². The van der Waals surface area contributed by atoms with Crippen molar-refractivity contribution in [2.24, 2.45) is 0 Å². The van der Waals surface area contributed by atoms with Gasteiger partial charge >= 0.3 is 0 Å². The standard InChI is InChI=1S/C35H37Cl2N3O5S/c1-4-25(2)38-35(42)33(22-26-11-7-5-8-12-26)39(23-27-15-20-31(36)32(37)21-27)34(41)24-40(46(3,43)44)28-16-18-30(19-17-28)45-29-13-9-6-10-14-29/h5-21,25,33H,4,22-24H2,1-3H3,(H,38,42)/t25-,33-/m0/s1. The zero-order chi connectivity index (χ0) is 33.3. The van der Waals surface area contributed by atoms with Gasteiger partial charge in [0, 0.05) is 19.0 Å². The molecule has 11 heteroatoms. The molecule has 0 saturated carbocycles. The third kappa shape index (κ3) is 9.72. The second kappa shape index (κ2) is 16.0. The van der Waals surface area contributed by atoms with Gasteiger partial charge in [-0.25, -0.2) is 8.42 Å². The van der Waals surface area contributed by atoms with Gasteiger partial charge in [-0.05, 0) is 73.0 Å². The molecule has 0 radical (unpaired) electrons. The fourth-order valence-corrected chi connectivity index (χ4v) is 5.92. The molecule has 2 amide bonds. The van der Waals surface area contributed by atoms with Gasteiger partial charge in [0.1, 0.15) is 24.1 Å². The predicted molar refractivity (Wildman–Crippen MR) is 184 cm³/mol. The molecule has 0 aliphatic heterocycles. The normalized spacial score (nSPS) is 12.5. The van der Waals surface area contributed by atoms with Gasteiger partial charge in [-0.1, -0.05) is 84.7 Å². The van der Waals surface area contributed by atoms with E-state index in [1.165, 1.54) is 4.90 Å². The Kier molecular flexibility index (Phi) is 12.1. The number of carbonyl (C=O) groups excluding carboxylic acids is 2. The highest BCUT2D eigenvalue weighted by Crippen LogP contribution is 2.27. The Balaban J connectivity index is 1.70. The lowest BCUT2D eigenvalue weighted by atomic mass is 10.0. The van der Waals surface area contributed by atoms with Crippen LogP contribution in [0.5, 0.6) is 11.5 Å². The van der Waals surface area contributed by atoms with Gasteiger partial charge in [0.25, 0.3) is 0 Å². The average molecular weight is 683 g/mol. The van der Waals surface area contributed by atoms with Crippen LogP contribution in [0.3, 0.4) is 0 Å². The summed E-state index contributed by atoms with van der Waals surface area (Å²) in [5.41, 5.74) is 1.74. The first-order valence-electron chi connectivity index (χ1n) is 14.8. The van der Waals surface area contributed by atoms with Crippen LogP contribution < -0.4 is 14.4 Å². The molecular weight excluding hydrogens is 645 g/mol. The number of ether oxygens (including phenoxy) is 1. The molecule has 0 heterocycles. The zero-order valence-corrected chi connectivity index (χ0v) is 28.2. The number of anilines is 1. The number of carbonyl (C=O) groups is 2. The highest BCUT2D eigenvalue weighted by atomic mass is 35.5. The molecule has 1 N–H and O–H groups in total. The van der Waals surface area contributed by atoms with E-state index in [1.807, 2.05) is 62.4 Å². The van der Waals surface area contributed by atoms with Gasteiger partial charge < -0.3 is 15.0 Å². The second-order valence-corrected chi connectivity index (χ2v) is 13.7. The third-order valence-corrected chi connectivity index (χ3v) is 9.27. The van der Waals surface area contributed by atoms with Gasteiger partial charge in [0.05, 0.1) is 22.0 Å². The minimum Gasteiger partial charge on any atom is -0.457 e. The number of hydrogen-bond acceptors (Lipinski definition) is 5. The number of rotatable bonds is 14. The average Bonchev–Trinajstić information content (AvgIpc) is 3.04. The Morgan fingerprint density at radius 2 is 1.43 bits per heavy atom. The summed E-state index contributed by atoms with van der Waals surface area (Å²) in [5.74, 6) is 0.213. The minimum atomic E-state index is -3.93. The number of sulfonamides is 1. The van der Waals surface area contributed by atoms with E-state index >= 15 is 0 Å². The second-order valence-electron chi connectivity index (χ2n) is 11.0. The summed E-state index contributed by atoms with van der Waals surface area (Å²) in [4.78, 5) is 29.5. The molecule has 4 rings (SSSR count). The lowest BCUT2D eigenvalue weighted by molar-refractivity contribution is -0.140. The van der Waals surface area contributed by atoms with Crippen molar-refractivity contribution in [1.82, 2.24) is 10.2 Å². The number of nitrogens with zero attached hydrogens (tertiary/aromatic N) is 2. The third-order valence-electron chi connectivity index (χ3n) is 7.39. The van der Waals surface area contributed by atoms with Gasteiger partial charge in [0.2, 0.25) is 21.8 Å². The Bertz CT molecular complexity index is 1720. The molecular formula is C35H37Cl2N3O5S. The lowest BCUT2D eigenvalue weighted by Gasteiger charge is -2.34. The van der Waals surface area contributed by atoms with Gasteiger partial charge in [-0.3, -0.25) is 13.9 Å². The van der Waals surface area contributed by atoms with Crippen LogP contribution in [0.2, 0.25) is 10.0 Å². The van der Waals surface area contributed by atoms with E-state index in [4.69, 9.17) is 27.9 Å². The van der Waals surface area contributed by atoms with Crippen LogP contribution in [0.1, 0.15) is 31.4 Å². The van der Waals surface area contributed by atoms with Crippen molar-refractivity contribution in [2.45, 2.75) is 45.3 Å². The van der Waals surface area contributed by atoms with E-state index in [-0.39, 0.29) is 30.6 Å². The molecule has 0 aromatic heterocycles. The molecule has 4 aromatic rings. The quantitative estimate of drug-likeness (QED) is 0.153. The van der Waals surface area contributed by atoms with E-state index in [0.29, 0.717) is 33.5 Å². The highest BCUT2D eigenvalue weighted by Gasteiger charge is 2.33. The molecule has 0 spiro atoms. The van der Waals surface area contributed by atoms with E-state index in [2.05, 4.69) is 5.32 Å². The van der Waals surface area contributed by atoms with E-state index in [1.54, 1.807) is 54.6 Å². The molecule has 0 unspecified atom stereocenters. The van der Waals surface area contributed by atoms with Gasteiger partial charge in [-0.2, -0.15) is 0 Å². The molecule has 0 aliphatic rings. The summed E-state index contributed by atoms with van der Waals surface area (Å²) in [6.45, 7) is 3.29. The molecule has 46 heavy (non-hydrogen) atoms. The first-order valence-corrected chi connectivity index (χ1v) is 17.4. The molecule has 8 nitrogen and oxygen atoms in total. The monoisotopic (exact) mass is 681 g/mol. The topological polar surface area (TPSA) is 96.0 Å². The summed E-state index contributed by atoms with van der Waals surface area (Å²) in [6, 6.07) is 28.8. The van der Waals surface area contributed by atoms with Crippen molar-refractivity contribution in [2.75, 3.05) is 17.1 Å². The van der Waals surface area contributed by atoms with E-state index < -0.39 is 28.5 Å². The Morgan fingerprint density at radius 1 is 0.826 bits per heavy atom. The molecule has 0 bridgehead atoms. The van der Waals surface area contributed by atoms with Crippen LogP contribution in [0.15, 0.2) is 103 Å². The minimum absolute atomic E-state index is 0.0113. The number of nitrogens with one attached hydrogen (secondary N) is 1. The SMILES string of the molecule is CC[C@H](C)NC(=O)[C@H](Cc1ccccc1)N(Cc1ccc(Cl)c(Cl)c1)C(=O)CN(c1ccc(Oc2ccccc2)cc1)S(C)(=O)=O. The number of amides is 2. The zero-order valence-electron chi connectivity index (χ0n) is 25.9.